The van der Waals surface area contributed by atoms with E-state index in [4.69, 9.17) is 0 Å². The van der Waals surface area contributed by atoms with E-state index in [0.717, 1.165) is 30.8 Å². The summed E-state index contributed by atoms with van der Waals surface area (Å²) in [5.74, 6) is 2.59. The second-order valence-electron chi connectivity index (χ2n) is 12.9. The number of fused-ring (bicyclic) bond motifs is 5. The van der Waals surface area contributed by atoms with E-state index in [9.17, 15) is 20.1 Å². The lowest BCUT2D eigenvalue weighted by atomic mass is 9.43. The summed E-state index contributed by atoms with van der Waals surface area (Å²) in [5, 5.41) is 33.9. The molecule has 0 radical (unpaired) electrons. The van der Waals surface area contributed by atoms with Gasteiger partial charge in [-0.2, -0.15) is 0 Å². The third-order valence-electron chi connectivity index (χ3n) is 11.2. The van der Waals surface area contributed by atoms with Crippen LogP contribution >= 0.6 is 0 Å². The molecular weight excluding hydrogens is 400 g/mol. The minimum Gasteiger partial charge on any atom is -0.393 e. The monoisotopic (exact) mass is 446 g/mol. The Morgan fingerprint density at radius 2 is 1.66 bits per heavy atom. The number of aliphatic hydroxyl groups excluding tert-OH is 1. The average Bonchev–Trinajstić information content (AvgIpc) is 3.07. The van der Waals surface area contributed by atoms with Gasteiger partial charge in [0, 0.05) is 11.8 Å². The maximum absolute atomic E-state index is 13.3. The van der Waals surface area contributed by atoms with Crippen LogP contribution in [0.2, 0.25) is 0 Å². The van der Waals surface area contributed by atoms with Crippen LogP contribution < -0.4 is 0 Å². The molecule has 0 heterocycles. The first-order chi connectivity index (χ1) is 14.8. The van der Waals surface area contributed by atoms with Gasteiger partial charge in [0.1, 0.15) is 5.60 Å². The minimum absolute atomic E-state index is 0.0318. The quantitative estimate of drug-likeness (QED) is 0.553. The van der Waals surface area contributed by atoms with E-state index in [1.165, 1.54) is 12.8 Å². The maximum atomic E-state index is 13.3. The molecule has 3 fully saturated rings. The summed E-state index contributed by atoms with van der Waals surface area (Å²) in [6, 6.07) is 0. The molecule has 3 N–H and O–H groups in total. The summed E-state index contributed by atoms with van der Waals surface area (Å²) in [4.78, 5) is 13.3. The van der Waals surface area contributed by atoms with Crippen molar-refractivity contribution in [3.8, 4) is 0 Å². The van der Waals surface area contributed by atoms with Gasteiger partial charge in [-0.25, -0.2) is 0 Å². The molecule has 32 heavy (non-hydrogen) atoms. The van der Waals surface area contributed by atoms with Crippen LogP contribution in [0, 0.1) is 40.4 Å². The molecule has 4 nitrogen and oxygen atoms in total. The van der Waals surface area contributed by atoms with Crippen molar-refractivity contribution >= 4 is 5.78 Å². The largest absolute Gasteiger partial charge is 0.393 e. The van der Waals surface area contributed by atoms with E-state index in [1.54, 1.807) is 6.08 Å². The molecule has 4 heteroatoms. The Kier molecular flexibility index (Phi) is 6.04. The molecule has 0 aromatic heterocycles. The summed E-state index contributed by atoms with van der Waals surface area (Å²) in [6.07, 6.45) is 8.15. The van der Waals surface area contributed by atoms with E-state index in [2.05, 4.69) is 34.6 Å². The molecule has 0 aliphatic heterocycles. The first-order valence-corrected chi connectivity index (χ1v) is 13.2. The molecule has 0 amide bonds. The molecule has 0 aromatic rings. The molecule has 0 aromatic carbocycles. The van der Waals surface area contributed by atoms with Crippen molar-refractivity contribution < 1.29 is 20.1 Å². The van der Waals surface area contributed by atoms with Gasteiger partial charge >= 0.3 is 0 Å². The molecule has 0 spiro atoms. The highest BCUT2D eigenvalue weighted by molar-refractivity contribution is 6.00. The molecule has 0 bridgehead atoms. The topological polar surface area (TPSA) is 77.8 Å². The van der Waals surface area contributed by atoms with Crippen molar-refractivity contribution in [1.29, 1.82) is 0 Å². The Labute approximate surface area is 194 Å². The number of aliphatic hydroxyl groups is 3. The van der Waals surface area contributed by atoms with E-state index < -0.39 is 22.7 Å². The van der Waals surface area contributed by atoms with Crippen molar-refractivity contribution in [2.45, 2.75) is 117 Å². The van der Waals surface area contributed by atoms with Gasteiger partial charge in [-0.05, 0) is 85.2 Å². The van der Waals surface area contributed by atoms with Crippen LogP contribution in [-0.2, 0) is 4.79 Å². The SMILES string of the molecule is CC(C)C(C)CCC(C)C1CCC2C3=CC(=O)C4(O)CC(O)CCC4(C)C3(O)CCC21C. The van der Waals surface area contributed by atoms with Crippen LogP contribution in [0.1, 0.15) is 99.3 Å². The van der Waals surface area contributed by atoms with Crippen LogP contribution in [0.4, 0.5) is 0 Å². The predicted molar refractivity (Wildman–Crippen MR) is 127 cm³/mol. The fourth-order valence-corrected chi connectivity index (χ4v) is 8.34. The van der Waals surface area contributed by atoms with Crippen LogP contribution in [-0.4, -0.2) is 38.4 Å². The summed E-state index contributed by atoms with van der Waals surface area (Å²) < 4.78 is 0. The third kappa shape index (κ3) is 3.22. The summed E-state index contributed by atoms with van der Waals surface area (Å²) in [6.45, 7) is 13.7. The predicted octanol–water partition coefficient (Wildman–Crippen LogP) is 5.04. The second-order valence-corrected chi connectivity index (χ2v) is 12.9. The number of carbonyl (C=O) groups is 1. The van der Waals surface area contributed by atoms with E-state index in [-0.39, 0.29) is 23.5 Å². The first kappa shape index (κ1) is 24.4. The van der Waals surface area contributed by atoms with Gasteiger partial charge in [-0.15, -0.1) is 0 Å². The zero-order valence-electron chi connectivity index (χ0n) is 21.2. The smallest absolute Gasteiger partial charge is 0.188 e. The molecule has 9 atom stereocenters. The Morgan fingerprint density at radius 3 is 2.31 bits per heavy atom. The number of hydrogen-bond donors (Lipinski definition) is 3. The average molecular weight is 447 g/mol. The normalized spacial score (nSPS) is 48.0. The highest BCUT2D eigenvalue weighted by Crippen LogP contribution is 2.68. The third-order valence-corrected chi connectivity index (χ3v) is 11.2. The molecule has 9 unspecified atom stereocenters. The number of rotatable bonds is 5. The minimum atomic E-state index is -1.67. The second kappa shape index (κ2) is 7.92. The van der Waals surface area contributed by atoms with Crippen molar-refractivity contribution in [2.24, 2.45) is 40.4 Å². The van der Waals surface area contributed by atoms with Crippen LogP contribution in [0.25, 0.3) is 0 Å². The Morgan fingerprint density at radius 1 is 0.969 bits per heavy atom. The van der Waals surface area contributed by atoms with Crippen LogP contribution in [0.3, 0.4) is 0 Å². The van der Waals surface area contributed by atoms with Crippen molar-refractivity contribution in [3.63, 3.8) is 0 Å². The van der Waals surface area contributed by atoms with E-state index >= 15 is 0 Å². The summed E-state index contributed by atoms with van der Waals surface area (Å²) in [7, 11) is 0. The van der Waals surface area contributed by atoms with Gasteiger partial charge in [0.2, 0.25) is 0 Å². The van der Waals surface area contributed by atoms with Gasteiger partial charge in [-0.3, -0.25) is 4.79 Å². The van der Waals surface area contributed by atoms with Gasteiger partial charge in [0.05, 0.1) is 11.7 Å². The highest BCUT2D eigenvalue weighted by atomic mass is 16.3. The van der Waals surface area contributed by atoms with Gasteiger partial charge in [-0.1, -0.05) is 54.4 Å². The van der Waals surface area contributed by atoms with E-state index in [1.807, 2.05) is 6.92 Å². The van der Waals surface area contributed by atoms with Crippen molar-refractivity contribution in [2.75, 3.05) is 0 Å². The Balaban J connectivity index is 1.63. The number of carbonyl (C=O) groups excluding carboxylic acids is 1. The fourth-order valence-electron chi connectivity index (χ4n) is 8.34. The molecule has 4 aliphatic carbocycles. The zero-order valence-corrected chi connectivity index (χ0v) is 21.2. The molecule has 4 aliphatic rings. The lowest BCUT2D eigenvalue weighted by Crippen LogP contribution is -2.71. The Bertz CT molecular complexity index is 788. The molecule has 0 saturated heterocycles. The Hall–Kier alpha value is -0.710. The molecule has 3 saturated carbocycles. The maximum Gasteiger partial charge on any atom is 0.188 e. The van der Waals surface area contributed by atoms with Crippen molar-refractivity contribution in [3.05, 3.63) is 11.6 Å². The lowest BCUT2D eigenvalue weighted by molar-refractivity contribution is -0.223. The molecule has 182 valence electrons. The molecular formula is C28H46O4. The van der Waals surface area contributed by atoms with Gasteiger partial charge in [0.15, 0.2) is 5.78 Å². The lowest BCUT2D eigenvalue weighted by Gasteiger charge is -2.63. The first-order valence-electron chi connectivity index (χ1n) is 13.2. The van der Waals surface area contributed by atoms with Gasteiger partial charge in [0.25, 0.3) is 0 Å². The van der Waals surface area contributed by atoms with Crippen LogP contribution in [0.15, 0.2) is 11.6 Å². The molecule has 4 rings (SSSR count). The summed E-state index contributed by atoms with van der Waals surface area (Å²) in [5.41, 5.74) is -2.78. The van der Waals surface area contributed by atoms with Crippen LogP contribution in [0.5, 0.6) is 0 Å². The number of ketones is 1. The standard InChI is InChI=1S/C28H46O4/c1-17(2)18(3)7-8-19(4)21-9-10-22-23-15-24(30)28(32)16-20(29)11-12-26(28,6)27(23,31)14-13-25(21,22)5/h15,17-22,29,31-32H,7-14,16H2,1-6H3. The summed E-state index contributed by atoms with van der Waals surface area (Å²) >= 11 is 0. The fraction of sp³-hybridized carbons (Fsp3) is 0.893. The zero-order chi connectivity index (χ0) is 23.7. The van der Waals surface area contributed by atoms with Gasteiger partial charge < -0.3 is 15.3 Å². The number of hydrogen-bond acceptors (Lipinski definition) is 4. The van der Waals surface area contributed by atoms with Crippen molar-refractivity contribution in [1.82, 2.24) is 0 Å². The van der Waals surface area contributed by atoms with E-state index in [0.29, 0.717) is 37.0 Å². The highest BCUT2D eigenvalue weighted by Gasteiger charge is 2.71.